The molecule has 7 heteroatoms. The molecule has 1 saturated heterocycles. The second-order valence-corrected chi connectivity index (χ2v) is 9.30. The van der Waals surface area contributed by atoms with Crippen molar-refractivity contribution in [2.75, 3.05) is 26.8 Å². The monoisotopic (exact) mass is 477 g/mol. The largest absolute Gasteiger partial charge is 0.496 e. The van der Waals surface area contributed by atoms with Crippen molar-refractivity contribution < 1.29 is 19.1 Å². The number of para-hydroxylation sites is 1. The van der Waals surface area contributed by atoms with Crippen LogP contribution in [-0.2, 0) is 14.3 Å². The van der Waals surface area contributed by atoms with Gasteiger partial charge in [0.25, 0.3) is 5.91 Å². The smallest absolute Gasteiger partial charge is 0.323 e. The van der Waals surface area contributed by atoms with Gasteiger partial charge in [0, 0.05) is 17.5 Å². The van der Waals surface area contributed by atoms with E-state index in [-0.39, 0.29) is 30.5 Å². The van der Waals surface area contributed by atoms with Gasteiger partial charge in [-0.25, -0.2) is 5.01 Å². The quantitative estimate of drug-likeness (QED) is 0.553. The highest BCUT2D eigenvalue weighted by atomic mass is 16.5. The first-order chi connectivity index (χ1) is 16.9. The number of likely N-dealkylation sites (tertiary alicyclic amines) is 1. The summed E-state index contributed by atoms with van der Waals surface area (Å²) in [7, 11) is 1.64. The lowest BCUT2D eigenvalue weighted by Crippen LogP contribution is -2.49. The van der Waals surface area contributed by atoms with E-state index in [9.17, 15) is 9.59 Å². The summed E-state index contributed by atoms with van der Waals surface area (Å²) in [6.45, 7) is 7.10. The van der Waals surface area contributed by atoms with Crippen molar-refractivity contribution >= 4 is 17.6 Å². The Morgan fingerprint density at radius 2 is 1.91 bits per heavy atom. The van der Waals surface area contributed by atoms with Crippen molar-refractivity contribution in [2.45, 2.75) is 58.5 Å². The third kappa shape index (κ3) is 5.40. The fraction of sp³-hybridized carbons (Fsp3) is 0.464. The Hall–Kier alpha value is -3.19. The molecular weight excluding hydrogens is 442 g/mol. The zero-order chi connectivity index (χ0) is 24.9. The minimum atomic E-state index is -0.386. The van der Waals surface area contributed by atoms with Gasteiger partial charge in [-0.15, -0.1) is 0 Å². The number of nitrogens with zero attached hydrogens (tertiary/aromatic N) is 3. The van der Waals surface area contributed by atoms with Gasteiger partial charge in [0.1, 0.15) is 11.8 Å². The van der Waals surface area contributed by atoms with E-state index < -0.39 is 0 Å². The number of piperidine rings is 1. The van der Waals surface area contributed by atoms with E-state index in [2.05, 4.69) is 32.0 Å². The Kier molecular flexibility index (Phi) is 7.86. The number of ether oxygens (including phenoxy) is 2. The fourth-order valence-electron chi connectivity index (χ4n) is 5.16. The van der Waals surface area contributed by atoms with Crippen LogP contribution in [0.1, 0.15) is 60.9 Å². The molecule has 2 aromatic rings. The van der Waals surface area contributed by atoms with Crippen LogP contribution < -0.4 is 4.74 Å². The number of carbonyl (C=O) groups is 2. The summed E-state index contributed by atoms with van der Waals surface area (Å²) >= 11 is 0. The molecule has 2 atom stereocenters. The van der Waals surface area contributed by atoms with Crippen molar-refractivity contribution in [1.82, 2.24) is 9.91 Å². The number of esters is 1. The molecule has 35 heavy (non-hydrogen) atoms. The molecule has 0 spiro atoms. The van der Waals surface area contributed by atoms with Gasteiger partial charge in [0.2, 0.25) is 0 Å². The number of rotatable bonds is 7. The van der Waals surface area contributed by atoms with E-state index in [1.807, 2.05) is 36.1 Å². The number of amides is 1. The van der Waals surface area contributed by atoms with Gasteiger partial charge in [0.15, 0.2) is 0 Å². The molecule has 186 valence electrons. The zero-order valence-corrected chi connectivity index (χ0v) is 21.1. The van der Waals surface area contributed by atoms with E-state index in [1.54, 1.807) is 12.1 Å². The minimum Gasteiger partial charge on any atom is -0.496 e. The van der Waals surface area contributed by atoms with Crippen molar-refractivity contribution in [1.29, 1.82) is 0 Å². The second-order valence-electron chi connectivity index (χ2n) is 9.30. The van der Waals surface area contributed by atoms with Gasteiger partial charge < -0.3 is 9.47 Å². The maximum Gasteiger partial charge on any atom is 0.323 e. The SMILES string of the molecule is CCOC(=O)C1CCCCN1CC(=O)N1N=C(c2ccc(C)cc2C)CC1c1ccccc1OC. The Morgan fingerprint density at radius 1 is 1.11 bits per heavy atom. The van der Waals surface area contributed by atoms with E-state index in [0.717, 1.165) is 41.0 Å². The summed E-state index contributed by atoms with van der Waals surface area (Å²) in [4.78, 5) is 28.2. The molecule has 0 saturated carbocycles. The number of carbonyl (C=O) groups excluding carboxylic acids is 2. The molecule has 2 aliphatic heterocycles. The average Bonchev–Trinajstić information content (AvgIpc) is 3.29. The molecule has 2 aliphatic rings. The Labute approximate surface area is 207 Å². The average molecular weight is 478 g/mol. The number of methoxy groups -OCH3 is 1. The second kappa shape index (κ2) is 11.0. The number of hydrogen-bond donors (Lipinski definition) is 0. The molecule has 7 nitrogen and oxygen atoms in total. The Balaban J connectivity index is 1.65. The van der Waals surface area contributed by atoms with Crippen LogP contribution in [-0.4, -0.2) is 60.3 Å². The van der Waals surface area contributed by atoms with Gasteiger partial charge in [0.05, 0.1) is 32.0 Å². The van der Waals surface area contributed by atoms with E-state index >= 15 is 0 Å². The minimum absolute atomic E-state index is 0.124. The number of hydrazone groups is 1. The Bertz CT molecular complexity index is 1110. The molecule has 2 unspecified atom stereocenters. The molecule has 2 heterocycles. The fourth-order valence-corrected chi connectivity index (χ4v) is 5.16. The molecule has 0 radical (unpaired) electrons. The van der Waals surface area contributed by atoms with Gasteiger partial charge in [-0.3, -0.25) is 14.5 Å². The van der Waals surface area contributed by atoms with Crippen LogP contribution in [0.5, 0.6) is 5.75 Å². The normalized spacial score (nSPS) is 20.5. The third-order valence-electron chi connectivity index (χ3n) is 6.87. The third-order valence-corrected chi connectivity index (χ3v) is 6.87. The molecule has 1 amide bonds. The standard InChI is InChI=1S/C28H35N3O4/c1-5-35-28(33)24-11-8-9-15-30(24)18-27(32)31-25(22-10-6-7-12-26(22)34-4)17-23(29-31)21-14-13-19(2)16-20(21)3/h6-7,10,12-14,16,24-25H,5,8-9,11,15,17-18H2,1-4H3. The molecule has 1 fully saturated rings. The van der Waals surface area contributed by atoms with Crippen molar-refractivity contribution in [3.05, 3.63) is 64.7 Å². The van der Waals surface area contributed by atoms with Crippen LogP contribution in [0.25, 0.3) is 0 Å². The molecule has 0 N–H and O–H groups in total. The van der Waals surface area contributed by atoms with Crippen LogP contribution in [0, 0.1) is 13.8 Å². The summed E-state index contributed by atoms with van der Waals surface area (Å²) < 4.78 is 10.9. The van der Waals surface area contributed by atoms with Gasteiger partial charge >= 0.3 is 5.97 Å². The van der Waals surface area contributed by atoms with Crippen LogP contribution in [0.3, 0.4) is 0 Å². The summed E-state index contributed by atoms with van der Waals surface area (Å²) in [5, 5.41) is 6.46. The summed E-state index contributed by atoms with van der Waals surface area (Å²) in [6.07, 6.45) is 3.21. The highest BCUT2D eigenvalue weighted by molar-refractivity contribution is 6.04. The summed E-state index contributed by atoms with van der Waals surface area (Å²) in [6, 6.07) is 13.4. The maximum atomic E-state index is 13.7. The highest BCUT2D eigenvalue weighted by Gasteiger charge is 2.38. The van der Waals surface area contributed by atoms with Crippen LogP contribution in [0.4, 0.5) is 0 Å². The molecule has 0 aromatic heterocycles. The molecule has 0 bridgehead atoms. The maximum absolute atomic E-state index is 13.7. The van der Waals surface area contributed by atoms with Crippen molar-refractivity contribution in [3.63, 3.8) is 0 Å². The van der Waals surface area contributed by atoms with Crippen LogP contribution in [0.2, 0.25) is 0 Å². The van der Waals surface area contributed by atoms with Crippen molar-refractivity contribution in [3.8, 4) is 5.75 Å². The Morgan fingerprint density at radius 3 is 2.66 bits per heavy atom. The number of aryl methyl sites for hydroxylation is 2. The first kappa shape index (κ1) is 24.9. The number of hydrogen-bond acceptors (Lipinski definition) is 6. The van der Waals surface area contributed by atoms with Gasteiger partial charge in [-0.2, -0.15) is 5.10 Å². The lowest BCUT2D eigenvalue weighted by molar-refractivity contribution is -0.152. The zero-order valence-electron chi connectivity index (χ0n) is 21.1. The van der Waals surface area contributed by atoms with E-state index in [0.29, 0.717) is 26.0 Å². The molecule has 0 aliphatic carbocycles. The highest BCUT2D eigenvalue weighted by Crippen LogP contribution is 2.38. The summed E-state index contributed by atoms with van der Waals surface area (Å²) in [5.74, 6) is 0.355. The molecular formula is C28H35N3O4. The lowest BCUT2D eigenvalue weighted by atomic mass is 9.94. The lowest BCUT2D eigenvalue weighted by Gasteiger charge is -2.34. The van der Waals surface area contributed by atoms with E-state index in [1.165, 1.54) is 5.56 Å². The van der Waals surface area contributed by atoms with E-state index in [4.69, 9.17) is 14.6 Å². The first-order valence-corrected chi connectivity index (χ1v) is 12.4. The van der Waals surface area contributed by atoms with Crippen LogP contribution in [0.15, 0.2) is 47.6 Å². The van der Waals surface area contributed by atoms with Gasteiger partial charge in [-0.05, 0) is 51.8 Å². The topological polar surface area (TPSA) is 71.4 Å². The molecule has 4 rings (SSSR count). The first-order valence-electron chi connectivity index (χ1n) is 12.4. The van der Waals surface area contributed by atoms with Gasteiger partial charge in [-0.1, -0.05) is 48.4 Å². The predicted octanol–water partition coefficient (Wildman–Crippen LogP) is 4.41. The summed E-state index contributed by atoms with van der Waals surface area (Å²) in [5.41, 5.74) is 5.18. The predicted molar refractivity (Wildman–Crippen MR) is 135 cm³/mol. The van der Waals surface area contributed by atoms with Crippen molar-refractivity contribution in [2.24, 2.45) is 5.10 Å². The van der Waals surface area contributed by atoms with Crippen LogP contribution >= 0.6 is 0 Å². The molecule has 2 aromatic carbocycles. The number of benzene rings is 2.